The second-order valence-corrected chi connectivity index (χ2v) is 6.18. The van der Waals surface area contributed by atoms with E-state index in [-0.39, 0.29) is 11.9 Å². The molecule has 0 atom stereocenters. The number of aryl methyl sites for hydroxylation is 1. The Morgan fingerprint density at radius 2 is 2.00 bits per heavy atom. The number of halogens is 1. The highest BCUT2D eigenvalue weighted by Gasteiger charge is 2.22. The predicted molar refractivity (Wildman–Crippen MR) is 96.4 cm³/mol. The fourth-order valence-electron chi connectivity index (χ4n) is 2.47. The zero-order valence-electron chi connectivity index (χ0n) is 13.8. The van der Waals surface area contributed by atoms with Crippen molar-refractivity contribution >= 4 is 29.2 Å². The van der Waals surface area contributed by atoms with Crippen LogP contribution < -0.4 is 10.6 Å². The van der Waals surface area contributed by atoms with E-state index in [0.29, 0.717) is 50.0 Å². The highest BCUT2D eigenvalue weighted by molar-refractivity contribution is 6.33. The molecular weight excluding hydrogens is 328 g/mol. The normalized spacial score (nSPS) is 15.0. The van der Waals surface area contributed by atoms with Crippen molar-refractivity contribution in [2.24, 2.45) is 0 Å². The molecule has 1 aromatic rings. The molecule has 3 amide bonds. The first-order valence-corrected chi connectivity index (χ1v) is 8.29. The number of piperazine rings is 1. The molecule has 1 aliphatic rings. The number of rotatable bonds is 5. The molecule has 0 aliphatic carbocycles. The number of amides is 3. The van der Waals surface area contributed by atoms with Crippen LogP contribution >= 0.6 is 11.6 Å². The van der Waals surface area contributed by atoms with Gasteiger partial charge in [-0.1, -0.05) is 23.7 Å². The number of hydrogen-bond donors (Lipinski definition) is 2. The Balaban J connectivity index is 1.80. The van der Waals surface area contributed by atoms with Gasteiger partial charge < -0.3 is 15.5 Å². The summed E-state index contributed by atoms with van der Waals surface area (Å²) in [6.45, 7) is 8.80. The average Bonchev–Trinajstić information content (AvgIpc) is 2.56. The minimum atomic E-state index is -0.170. The van der Waals surface area contributed by atoms with Gasteiger partial charge in [0.2, 0.25) is 5.91 Å². The molecule has 1 saturated heterocycles. The van der Waals surface area contributed by atoms with Crippen LogP contribution in [0.3, 0.4) is 0 Å². The molecule has 0 spiro atoms. The van der Waals surface area contributed by atoms with Crippen molar-refractivity contribution < 1.29 is 9.59 Å². The quantitative estimate of drug-likeness (QED) is 0.799. The van der Waals surface area contributed by atoms with Crippen LogP contribution in [0.4, 0.5) is 10.5 Å². The predicted octanol–water partition coefficient (Wildman–Crippen LogP) is 2.10. The van der Waals surface area contributed by atoms with Crippen molar-refractivity contribution in [3.05, 3.63) is 41.4 Å². The summed E-state index contributed by atoms with van der Waals surface area (Å²) in [5.41, 5.74) is 1.65. The van der Waals surface area contributed by atoms with Gasteiger partial charge in [0.25, 0.3) is 0 Å². The summed E-state index contributed by atoms with van der Waals surface area (Å²) in [5, 5.41) is 6.12. The molecule has 2 N–H and O–H groups in total. The SMILES string of the molecule is C=CCNC(=O)CN1CCN(C(=O)Nc2ccc(C)cc2Cl)CC1. The lowest BCUT2D eigenvalue weighted by atomic mass is 10.2. The van der Waals surface area contributed by atoms with Gasteiger partial charge in [-0.15, -0.1) is 6.58 Å². The Morgan fingerprint density at radius 1 is 1.29 bits per heavy atom. The standard InChI is InChI=1S/C17H23ClN4O2/c1-3-6-19-16(23)12-21-7-9-22(10-8-21)17(24)20-15-5-4-13(2)11-14(15)18/h3-5,11H,1,6-10,12H2,2H3,(H,19,23)(H,20,24). The van der Waals surface area contributed by atoms with Crippen molar-refractivity contribution in [1.29, 1.82) is 0 Å². The average molecular weight is 351 g/mol. The van der Waals surface area contributed by atoms with Crippen LogP contribution in [0.25, 0.3) is 0 Å². The van der Waals surface area contributed by atoms with Crippen molar-refractivity contribution in [2.75, 3.05) is 44.6 Å². The van der Waals surface area contributed by atoms with E-state index in [1.165, 1.54) is 0 Å². The number of nitrogens with one attached hydrogen (secondary N) is 2. The maximum absolute atomic E-state index is 12.3. The first-order chi connectivity index (χ1) is 11.5. The van der Waals surface area contributed by atoms with Crippen LogP contribution in [0, 0.1) is 6.92 Å². The lowest BCUT2D eigenvalue weighted by Crippen LogP contribution is -2.52. The summed E-state index contributed by atoms with van der Waals surface area (Å²) >= 11 is 6.14. The molecule has 0 saturated carbocycles. The minimum absolute atomic E-state index is 0.0285. The van der Waals surface area contributed by atoms with Crippen LogP contribution in [0.5, 0.6) is 0 Å². The van der Waals surface area contributed by atoms with E-state index >= 15 is 0 Å². The smallest absolute Gasteiger partial charge is 0.321 e. The maximum atomic E-state index is 12.3. The zero-order valence-corrected chi connectivity index (χ0v) is 14.6. The monoisotopic (exact) mass is 350 g/mol. The van der Waals surface area contributed by atoms with Crippen molar-refractivity contribution in [3.8, 4) is 0 Å². The molecule has 1 heterocycles. The fraction of sp³-hybridized carbons (Fsp3) is 0.412. The highest BCUT2D eigenvalue weighted by Crippen LogP contribution is 2.23. The van der Waals surface area contributed by atoms with E-state index in [1.807, 2.05) is 24.0 Å². The molecule has 7 heteroatoms. The van der Waals surface area contributed by atoms with E-state index in [0.717, 1.165) is 5.56 Å². The first-order valence-electron chi connectivity index (χ1n) is 7.91. The third-order valence-corrected chi connectivity index (χ3v) is 4.15. The van der Waals surface area contributed by atoms with E-state index in [2.05, 4.69) is 17.2 Å². The van der Waals surface area contributed by atoms with Gasteiger partial charge in [-0.25, -0.2) is 4.79 Å². The Kier molecular flexibility index (Phi) is 6.63. The van der Waals surface area contributed by atoms with Gasteiger partial charge in [-0.2, -0.15) is 0 Å². The Morgan fingerprint density at radius 3 is 2.62 bits per heavy atom. The van der Waals surface area contributed by atoms with Gasteiger partial charge in [0.15, 0.2) is 0 Å². The first kappa shape index (κ1) is 18.3. The summed E-state index contributed by atoms with van der Waals surface area (Å²) in [4.78, 5) is 27.8. The van der Waals surface area contributed by atoms with Gasteiger partial charge in [0.05, 0.1) is 17.3 Å². The Labute approximate surface area is 147 Å². The number of carbonyl (C=O) groups is 2. The lowest BCUT2D eigenvalue weighted by molar-refractivity contribution is -0.122. The van der Waals surface area contributed by atoms with Crippen LogP contribution in [0.2, 0.25) is 5.02 Å². The molecule has 130 valence electrons. The third-order valence-electron chi connectivity index (χ3n) is 3.84. The molecule has 6 nitrogen and oxygen atoms in total. The van der Waals surface area contributed by atoms with Crippen molar-refractivity contribution in [1.82, 2.24) is 15.1 Å². The van der Waals surface area contributed by atoms with Gasteiger partial charge in [-0.3, -0.25) is 9.69 Å². The van der Waals surface area contributed by atoms with Gasteiger partial charge in [-0.05, 0) is 24.6 Å². The maximum Gasteiger partial charge on any atom is 0.321 e. The Hall–Kier alpha value is -2.05. The highest BCUT2D eigenvalue weighted by atomic mass is 35.5. The number of carbonyl (C=O) groups excluding carboxylic acids is 2. The molecule has 0 bridgehead atoms. The number of anilines is 1. The fourth-order valence-corrected chi connectivity index (χ4v) is 2.75. The summed E-state index contributed by atoms with van der Waals surface area (Å²) < 4.78 is 0. The van der Waals surface area contributed by atoms with Crippen LogP contribution in [0.15, 0.2) is 30.9 Å². The van der Waals surface area contributed by atoms with Crippen molar-refractivity contribution in [3.63, 3.8) is 0 Å². The zero-order chi connectivity index (χ0) is 17.5. The molecule has 2 rings (SSSR count). The second kappa shape index (κ2) is 8.70. The van der Waals surface area contributed by atoms with Crippen LogP contribution in [-0.2, 0) is 4.79 Å². The summed E-state index contributed by atoms with van der Waals surface area (Å²) in [6, 6.07) is 5.35. The van der Waals surface area contributed by atoms with Gasteiger partial charge >= 0.3 is 6.03 Å². The molecular formula is C17H23ClN4O2. The molecule has 1 aliphatic heterocycles. The third kappa shape index (κ3) is 5.25. The topological polar surface area (TPSA) is 64.7 Å². The van der Waals surface area contributed by atoms with Crippen molar-refractivity contribution in [2.45, 2.75) is 6.92 Å². The largest absolute Gasteiger partial charge is 0.352 e. The molecule has 1 fully saturated rings. The second-order valence-electron chi connectivity index (χ2n) is 5.77. The number of benzene rings is 1. The van der Waals surface area contributed by atoms with E-state index in [9.17, 15) is 9.59 Å². The van der Waals surface area contributed by atoms with E-state index < -0.39 is 0 Å². The Bertz CT molecular complexity index is 613. The molecule has 0 unspecified atom stereocenters. The number of hydrogen-bond acceptors (Lipinski definition) is 3. The minimum Gasteiger partial charge on any atom is -0.352 e. The lowest BCUT2D eigenvalue weighted by Gasteiger charge is -2.34. The summed E-state index contributed by atoms with van der Waals surface area (Å²) in [7, 11) is 0. The van der Waals surface area contributed by atoms with Crippen LogP contribution in [-0.4, -0.2) is 61.0 Å². The molecule has 0 radical (unpaired) electrons. The van der Waals surface area contributed by atoms with E-state index in [1.54, 1.807) is 17.0 Å². The van der Waals surface area contributed by atoms with Gasteiger partial charge in [0, 0.05) is 32.7 Å². The summed E-state index contributed by atoms with van der Waals surface area (Å²) in [6.07, 6.45) is 1.65. The van der Waals surface area contributed by atoms with E-state index in [4.69, 9.17) is 11.6 Å². The number of nitrogens with zero attached hydrogens (tertiary/aromatic N) is 2. The molecule has 1 aromatic carbocycles. The summed E-state index contributed by atoms with van der Waals surface area (Å²) in [5.74, 6) is -0.0285. The van der Waals surface area contributed by atoms with Crippen LogP contribution in [0.1, 0.15) is 5.56 Å². The molecule has 24 heavy (non-hydrogen) atoms. The number of urea groups is 1. The van der Waals surface area contributed by atoms with Gasteiger partial charge in [0.1, 0.15) is 0 Å². The molecule has 0 aromatic heterocycles.